The quantitative estimate of drug-likeness (QED) is 0.591. The molecule has 1 heterocycles. The fourth-order valence-electron chi connectivity index (χ4n) is 3.55. The van der Waals surface area contributed by atoms with E-state index in [2.05, 4.69) is 25.1 Å². The van der Waals surface area contributed by atoms with Crippen LogP contribution in [0, 0.1) is 12.8 Å². The normalized spacial score (nSPS) is 19.6. The summed E-state index contributed by atoms with van der Waals surface area (Å²) >= 11 is 1.72. The van der Waals surface area contributed by atoms with Crippen LogP contribution in [0.5, 0.6) is 0 Å². The Morgan fingerprint density at radius 1 is 1.08 bits per heavy atom. The second-order valence-corrected chi connectivity index (χ2v) is 7.97. The molecule has 2 unspecified atom stereocenters. The molecule has 0 aliphatic heterocycles. The van der Waals surface area contributed by atoms with Gasteiger partial charge in [0.2, 0.25) is 5.91 Å². The first-order chi connectivity index (χ1) is 12.6. The summed E-state index contributed by atoms with van der Waals surface area (Å²) in [4.78, 5) is 19.9. The van der Waals surface area contributed by atoms with E-state index in [0.29, 0.717) is 0 Å². The fourth-order valence-corrected chi connectivity index (χ4v) is 4.70. The number of aryl methyl sites for hydroxylation is 1. The number of carbonyl (C=O) groups is 1. The summed E-state index contributed by atoms with van der Waals surface area (Å²) in [5, 5.41) is 1.08. The fraction of sp³-hybridized carbons (Fsp3) is 0.273. The first kappa shape index (κ1) is 17.0. The maximum Gasteiger partial charge on any atom is 0.230 e. The van der Waals surface area contributed by atoms with Crippen molar-refractivity contribution in [2.24, 2.45) is 5.92 Å². The standard InChI is InChI=1S/C22H22N2OS/c1-15-11-13-16(14-12-15)24(2)22(25)18-8-4-3-7-17(18)21-23-19-9-5-6-10-20(19)26-21/h3-6,9-14,17-18H,7-8H2,1-2H3. The summed E-state index contributed by atoms with van der Waals surface area (Å²) in [5.41, 5.74) is 3.17. The monoisotopic (exact) mass is 362 g/mol. The zero-order valence-corrected chi connectivity index (χ0v) is 15.9. The van der Waals surface area contributed by atoms with Crippen LogP contribution in [0.3, 0.4) is 0 Å². The molecule has 132 valence electrons. The van der Waals surface area contributed by atoms with Crippen molar-refractivity contribution in [3.8, 4) is 0 Å². The van der Waals surface area contributed by atoms with E-state index < -0.39 is 0 Å². The van der Waals surface area contributed by atoms with Crippen LogP contribution in [-0.4, -0.2) is 17.9 Å². The van der Waals surface area contributed by atoms with Gasteiger partial charge in [0, 0.05) is 18.7 Å². The van der Waals surface area contributed by atoms with Crippen molar-refractivity contribution in [2.75, 3.05) is 11.9 Å². The first-order valence-electron chi connectivity index (χ1n) is 8.98. The number of carbonyl (C=O) groups excluding carboxylic acids is 1. The number of nitrogens with zero attached hydrogens (tertiary/aromatic N) is 2. The molecule has 0 fully saturated rings. The number of allylic oxidation sites excluding steroid dienone is 2. The second-order valence-electron chi connectivity index (χ2n) is 6.91. The molecule has 0 N–H and O–H groups in total. The van der Waals surface area contributed by atoms with E-state index in [1.54, 1.807) is 16.2 Å². The number of para-hydroxylation sites is 1. The summed E-state index contributed by atoms with van der Waals surface area (Å²) in [5.74, 6) is 0.257. The molecule has 1 amide bonds. The molecule has 1 aromatic heterocycles. The number of amides is 1. The van der Waals surface area contributed by atoms with Crippen molar-refractivity contribution in [3.63, 3.8) is 0 Å². The minimum absolute atomic E-state index is 0.0631. The van der Waals surface area contributed by atoms with E-state index in [1.807, 2.05) is 49.5 Å². The second kappa shape index (κ2) is 7.04. The molecule has 0 radical (unpaired) electrons. The summed E-state index contributed by atoms with van der Waals surface area (Å²) in [6, 6.07) is 16.3. The molecule has 0 saturated carbocycles. The van der Waals surface area contributed by atoms with Crippen LogP contribution in [-0.2, 0) is 4.79 Å². The van der Waals surface area contributed by atoms with Gasteiger partial charge >= 0.3 is 0 Å². The van der Waals surface area contributed by atoms with Gasteiger partial charge in [-0.15, -0.1) is 11.3 Å². The van der Waals surface area contributed by atoms with Gasteiger partial charge in [-0.3, -0.25) is 4.79 Å². The molecule has 3 nitrogen and oxygen atoms in total. The van der Waals surface area contributed by atoms with Crippen LogP contribution in [0.4, 0.5) is 5.69 Å². The van der Waals surface area contributed by atoms with E-state index in [9.17, 15) is 4.79 Å². The highest BCUT2D eigenvalue weighted by molar-refractivity contribution is 7.18. The number of hydrogen-bond donors (Lipinski definition) is 0. The number of aromatic nitrogens is 1. The molecular weight excluding hydrogens is 340 g/mol. The number of anilines is 1. The third-order valence-corrected chi connectivity index (χ3v) is 6.30. The number of benzene rings is 2. The first-order valence-corrected chi connectivity index (χ1v) is 9.80. The van der Waals surface area contributed by atoms with E-state index in [-0.39, 0.29) is 17.7 Å². The molecule has 26 heavy (non-hydrogen) atoms. The Morgan fingerprint density at radius 2 is 1.81 bits per heavy atom. The Balaban J connectivity index is 1.63. The molecule has 2 atom stereocenters. The third-order valence-electron chi connectivity index (χ3n) is 5.13. The summed E-state index contributed by atoms with van der Waals surface area (Å²) in [6.07, 6.45) is 5.97. The summed E-state index contributed by atoms with van der Waals surface area (Å²) < 4.78 is 1.19. The zero-order valence-electron chi connectivity index (χ0n) is 15.1. The molecule has 0 saturated heterocycles. The predicted octanol–water partition coefficient (Wildman–Crippen LogP) is 5.32. The lowest BCUT2D eigenvalue weighted by molar-refractivity contribution is -0.122. The number of hydrogen-bond acceptors (Lipinski definition) is 3. The van der Waals surface area contributed by atoms with Crippen LogP contribution in [0.2, 0.25) is 0 Å². The largest absolute Gasteiger partial charge is 0.315 e. The molecule has 1 aliphatic rings. The van der Waals surface area contributed by atoms with Gasteiger partial charge in [0.1, 0.15) is 0 Å². The Bertz CT molecular complexity index is 925. The van der Waals surface area contributed by atoms with Gasteiger partial charge in [-0.05, 0) is 44.0 Å². The van der Waals surface area contributed by atoms with Gasteiger partial charge in [-0.25, -0.2) is 4.98 Å². The van der Waals surface area contributed by atoms with E-state index >= 15 is 0 Å². The van der Waals surface area contributed by atoms with Crippen molar-refractivity contribution >= 4 is 33.1 Å². The molecule has 4 heteroatoms. The lowest BCUT2D eigenvalue weighted by atomic mass is 9.82. The van der Waals surface area contributed by atoms with E-state index in [1.165, 1.54) is 10.3 Å². The Morgan fingerprint density at radius 3 is 2.58 bits per heavy atom. The van der Waals surface area contributed by atoms with Crippen molar-refractivity contribution in [1.29, 1.82) is 0 Å². The molecular formula is C22H22N2OS. The molecule has 1 aliphatic carbocycles. The van der Waals surface area contributed by atoms with Gasteiger partial charge in [0.15, 0.2) is 0 Å². The molecule has 0 spiro atoms. The molecule has 4 rings (SSSR count). The molecule has 0 bridgehead atoms. The topological polar surface area (TPSA) is 33.2 Å². The Hall–Kier alpha value is -2.46. The predicted molar refractivity (Wildman–Crippen MR) is 109 cm³/mol. The Kier molecular flexibility index (Phi) is 4.60. The third kappa shape index (κ3) is 3.17. The highest BCUT2D eigenvalue weighted by Gasteiger charge is 2.34. The number of thiazole rings is 1. The lowest BCUT2D eigenvalue weighted by Gasteiger charge is -2.30. The van der Waals surface area contributed by atoms with E-state index in [0.717, 1.165) is 29.1 Å². The van der Waals surface area contributed by atoms with Crippen LogP contribution >= 0.6 is 11.3 Å². The maximum atomic E-state index is 13.3. The summed E-state index contributed by atoms with van der Waals surface area (Å²) in [7, 11) is 1.88. The highest BCUT2D eigenvalue weighted by Crippen LogP contribution is 2.39. The van der Waals surface area contributed by atoms with Crippen molar-refractivity contribution < 1.29 is 4.79 Å². The lowest BCUT2D eigenvalue weighted by Crippen LogP contribution is -2.36. The smallest absolute Gasteiger partial charge is 0.230 e. The average molecular weight is 362 g/mol. The van der Waals surface area contributed by atoms with Crippen molar-refractivity contribution in [3.05, 3.63) is 71.3 Å². The van der Waals surface area contributed by atoms with Crippen LogP contribution in [0.25, 0.3) is 10.2 Å². The van der Waals surface area contributed by atoms with Crippen LogP contribution in [0.1, 0.15) is 29.3 Å². The number of fused-ring (bicyclic) bond motifs is 1. The van der Waals surface area contributed by atoms with Crippen molar-refractivity contribution in [1.82, 2.24) is 4.98 Å². The average Bonchev–Trinajstić information content (AvgIpc) is 3.11. The van der Waals surface area contributed by atoms with Gasteiger partial charge < -0.3 is 4.90 Å². The van der Waals surface area contributed by atoms with Gasteiger partial charge in [-0.2, -0.15) is 0 Å². The van der Waals surface area contributed by atoms with Gasteiger partial charge in [-0.1, -0.05) is 42.0 Å². The minimum atomic E-state index is -0.0631. The molecule has 2 aromatic carbocycles. The van der Waals surface area contributed by atoms with Gasteiger partial charge in [0.05, 0.1) is 21.1 Å². The van der Waals surface area contributed by atoms with Crippen LogP contribution in [0.15, 0.2) is 60.7 Å². The van der Waals surface area contributed by atoms with E-state index in [4.69, 9.17) is 4.98 Å². The molecule has 3 aromatic rings. The maximum absolute atomic E-state index is 13.3. The SMILES string of the molecule is Cc1ccc(N(C)C(=O)C2CC=CCC2c2nc3ccccc3s2)cc1. The minimum Gasteiger partial charge on any atom is -0.315 e. The van der Waals surface area contributed by atoms with Gasteiger partial charge in [0.25, 0.3) is 0 Å². The summed E-state index contributed by atoms with van der Waals surface area (Å²) in [6.45, 7) is 2.06. The Labute approximate surface area is 158 Å². The van der Waals surface area contributed by atoms with Crippen molar-refractivity contribution in [2.45, 2.75) is 25.7 Å². The zero-order chi connectivity index (χ0) is 18.1. The highest BCUT2D eigenvalue weighted by atomic mass is 32.1. The van der Waals surface area contributed by atoms with Crippen LogP contribution < -0.4 is 4.90 Å². The number of rotatable bonds is 3.